The van der Waals surface area contributed by atoms with Crippen molar-refractivity contribution >= 4 is 18.5 Å². The predicted molar refractivity (Wildman–Crippen MR) is 104 cm³/mol. The van der Waals surface area contributed by atoms with Crippen molar-refractivity contribution in [2.45, 2.75) is 44.9 Å². The lowest BCUT2D eigenvalue weighted by Crippen LogP contribution is -2.51. The monoisotopic (exact) mass is 365 g/mol. The number of carbonyl (C=O) groups is 1. The number of hydrogen-bond donors (Lipinski definition) is 3. The van der Waals surface area contributed by atoms with Gasteiger partial charge >= 0.3 is 7.12 Å². The third kappa shape index (κ3) is 3.29. The largest absolute Gasteiger partial charge is 0.488 e. The van der Waals surface area contributed by atoms with Crippen LogP contribution < -0.4 is 5.46 Å². The van der Waals surface area contributed by atoms with E-state index in [1.807, 2.05) is 23.1 Å². The van der Waals surface area contributed by atoms with Crippen molar-refractivity contribution in [1.29, 1.82) is 0 Å². The molecule has 0 spiro atoms. The highest BCUT2D eigenvalue weighted by atomic mass is 16.4. The van der Waals surface area contributed by atoms with Crippen LogP contribution in [0.5, 0.6) is 0 Å². The molecule has 4 rings (SSSR count). The number of benzene rings is 2. The first kappa shape index (κ1) is 18.2. The van der Waals surface area contributed by atoms with Crippen LogP contribution in [0.25, 0.3) is 11.1 Å². The van der Waals surface area contributed by atoms with Gasteiger partial charge in [0.2, 0.25) is 0 Å². The van der Waals surface area contributed by atoms with Gasteiger partial charge in [0.05, 0.1) is 17.2 Å². The summed E-state index contributed by atoms with van der Waals surface area (Å²) >= 11 is 0. The average molecular weight is 365 g/mol. The minimum atomic E-state index is -1.51. The van der Waals surface area contributed by atoms with Crippen molar-refractivity contribution < 1.29 is 19.9 Å². The molecule has 1 fully saturated rings. The van der Waals surface area contributed by atoms with Gasteiger partial charge in [-0.2, -0.15) is 0 Å². The second-order valence-electron chi connectivity index (χ2n) is 8.20. The molecule has 140 valence electrons. The van der Waals surface area contributed by atoms with E-state index in [9.17, 15) is 19.9 Å². The van der Waals surface area contributed by atoms with E-state index in [1.54, 1.807) is 38.1 Å². The first-order chi connectivity index (χ1) is 12.8. The highest BCUT2D eigenvalue weighted by molar-refractivity contribution is 6.58. The fourth-order valence-corrected chi connectivity index (χ4v) is 4.31. The highest BCUT2D eigenvalue weighted by Crippen LogP contribution is 2.44. The summed E-state index contributed by atoms with van der Waals surface area (Å²) in [5.41, 5.74) is 2.82. The number of aliphatic hydroxyl groups is 1. The van der Waals surface area contributed by atoms with Gasteiger partial charge in [0.15, 0.2) is 0 Å². The number of fused-ring (bicyclic) bond motifs is 1. The summed E-state index contributed by atoms with van der Waals surface area (Å²) < 4.78 is 0. The van der Waals surface area contributed by atoms with E-state index in [2.05, 4.69) is 0 Å². The van der Waals surface area contributed by atoms with Crippen LogP contribution in [0.1, 0.15) is 42.6 Å². The second kappa shape index (κ2) is 6.48. The Labute approximate surface area is 159 Å². The van der Waals surface area contributed by atoms with Gasteiger partial charge in [0, 0.05) is 6.54 Å². The van der Waals surface area contributed by atoms with Gasteiger partial charge in [-0.3, -0.25) is 4.79 Å². The molecule has 2 aromatic carbocycles. The Balaban J connectivity index is 1.71. The van der Waals surface area contributed by atoms with Crippen molar-refractivity contribution in [1.82, 2.24) is 4.90 Å². The van der Waals surface area contributed by atoms with E-state index in [1.165, 1.54) is 0 Å². The molecule has 3 N–H and O–H groups in total. The van der Waals surface area contributed by atoms with Crippen molar-refractivity contribution in [2.75, 3.05) is 0 Å². The normalized spacial score (nSPS) is 17.8. The van der Waals surface area contributed by atoms with Crippen LogP contribution in [-0.4, -0.2) is 44.7 Å². The molecular weight excluding hydrogens is 341 g/mol. The summed E-state index contributed by atoms with van der Waals surface area (Å²) in [5.74, 6) is 0.322. The lowest BCUT2D eigenvalue weighted by Gasteiger charge is -2.37. The third-order valence-corrected chi connectivity index (χ3v) is 5.61. The van der Waals surface area contributed by atoms with Crippen molar-refractivity contribution in [3.8, 4) is 11.1 Å². The van der Waals surface area contributed by atoms with Gasteiger partial charge in [-0.1, -0.05) is 42.5 Å². The molecule has 0 radical (unpaired) electrons. The Morgan fingerprint density at radius 1 is 1.11 bits per heavy atom. The topological polar surface area (TPSA) is 81.0 Å². The molecule has 1 heterocycles. The Bertz CT molecular complexity index is 869. The molecule has 6 heteroatoms. The van der Waals surface area contributed by atoms with Crippen LogP contribution >= 0.6 is 0 Å². The number of rotatable bonds is 5. The maximum absolute atomic E-state index is 13.3. The van der Waals surface area contributed by atoms with Crippen molar-refractivity contribution in [2.24, 2.45) is 5.92 Å². The molecule has 0 aromatic heterocycles. The predicted octanol–water partition coefficient (Wildman–Crippen LogP) is 1.54. The molecule has 1 aliphatic heterocycles. The minimum absolute atomic E-state index is 0.0362. The van der Waals surface area contributed by atoms with Crippen LogP contribution in [0.4, 0.5) is 0 Å². The first-order valence-corrected chi connectivity index (χ1v) is 9.39. The molecule has 1 unspecified atom stereocenters. The van der Waals surface area contributed by atoms with E-state index < -0.39 is 12.7 Å². The molecule has 2 aromatic rings. The fourth-order valence-electron chi connectivity index (χ4n) is 4.31. The third-order valence-electron chi connectivity index (χ3n) is 5.61. The quantitative estimate of drug-likeness (QED) is 0.703. The van der Waals surface area contributed by atoms with E-state index in [-0.39, 0.29) is 11.9 Å². The summed E-state index contributed by atoms with van der Waals surface area (Å²) in [5, 5.41) is 29.2. The molecule has 1 amide bonds. The van der Waals surface area contributed by atoms with E-state index >= 15 is 0 Å². The summed E-state index contributed by atoms with van der Waals surface area (Å²) in [6.45, 7) is 4.08. The maximum atomic E-state index is 13.3. The molecule has 1 saturated carbocycles. The van der Waals surface area contributed by atoms with Gasteiger partial charge in [0.1, 0.15) is 0 Å². The van der Waals surface area contributed by atoms with E-state index in [0.29, 0.717) is 23.5 Å². The van der Waals surface area contributed by atoms with Gasteiger partial charge in [-0.25, -0.2) is 0 Å². The first-order valence-electron chi connectivity index (χ1n) is 9.39. The molecule has 27 heavy (non-hydrogen) atoms. The van der Waals surface area contributed by atoms with Crippen molar-refractivity contribution in [3.05, 3.63) is 53.6 Å². The van der Waals surface area contributed by atoms with Crippen molar-refractivity contribution in [3.63, 3.8) is 0 Å². The van der Waals surface area contributed by atoms with Crippen LogP contribution in [0.15, 0.2) is 42.5 Å². The summed E-state index contributed by atoms with van der Waals surface area (Å²) in [6, 6.07) is 12.6. The standard InChI is InChI=1S/C21H24BNO4/c1-21(2,25)19(14-6-7-14)23-12-15-4-3-5-17(18(15)20(23)24)13-8-10-16(11-9-13)22(26)27/h3-5,8-11,14,19,25-27H,6-7,12H2,1-2H3. The Kier molecular flexibility index (Phi) is 4.37. The highest BCUT2D eigenvalue weighted by Gasteiger charge is 2.48. The molecule has 1 atom stereocenters. The second-order valence-corrected chi connectivity index (χ2v) is 8.20. The molecule has 0 saturated heterocycles. The van der Waals surface area contributed by atoms with Crippen LogP contribution in [-0.2, 0) is 6.54 Å². The SMILES string of the molecule is CC(C)(O)C(C1CC1)N1Cc2cccc(-c3ccc(B(O)O)cc3)c2C1=O. The van der Waals surface area contributed by atoms with Crippen LogP contribution in [0.3, 0.4) is 0 Å². The van der Waals surface area contributed by atoms with Gasteiger partial charge in [-0.15, -0.1) is 0 Å². The van der Waals surface area contributed by atoms with Crippen LogP contribution in [0, 0.1) is 5.92 Å². The van der Waals surface area contributed by atoms with Gasteiger partial charge < -0.3 is 20.1 Å². The van der Waals surface area contributed by atoms with E-state index in [0.717, 1.165) is 29.5 Å². The minimum Gasteiger partial charge on any atom is -0.423 e. The average Bonchev–Trinajstić information content (AvgIpc) is 3.38. The van der Waals surface area contributed by atoms with Gasteiger partial charge in [0.25, 0.3) is 5.91 Å². The zero-order valence-corrected chi connectivity index (χ0v) is 15.6. The maximum Gasteiger partial charge on any atom is 0.488 e. The molecule has 2 aliphatic rings. The summed E-state index contributed by atoms with van der Waals surface area (Å²) in [7, 11) is -1.51. The summed E-state index contributed by atoms with van der Waals surface area (Å²) in [4.78, 5) is 15.2. The number of nitrogens with zero attached hydrogens (tertiary/aromatic N) is 1. The van der Waals surface area contributed by atoms with Gasteiger partial charge in [-0.05, 0) is 54.8 Å². The smallest absolute Gasteiger partial charge is 0.423 e. The Morgan fingerprint density at radius 3 is 2.33 bits per heavy atom. The zero-order valence-electron chi connectivity index (χ0n) is 15.6. The lowest BCUT2D eigenvalue weighted by molar-refractivity contribution is -0.0224. The Morgan fingerprint density at radius 2 is 1.78 bits per heavy atom. The zero-order chi connectivity index (χ0) is 19.3. The molecule has 0 bridgehead atoms. The number of amides is 1. The Hall–Kier alpha value is -2.15. The fraction of sp³-hybridized carbons (Fsp3) is 0.381. The molecule has 5 nitrogen and oxygen atoms in total. The summed E-state index contributed by atoms with van der Waals surface area (Å²) in [6.07, 6.45) is 2.10. The van der Waals surface area contributed by atoms with E-state index in [4.69, 9.17) is 0 Å². The number of carbonyl (C=O) groups excluding carboxylic acids is 1. The number of hydrogen-bond acceptors (Lipinski definition) is 4. The molecule has 1 aliphatic carbocycles. The van der Waals surface area contributed by atoms with Crippen LogP contribution in [0.2, 0.25) is 0 Å². The lowest BCUT2D eigenvalue weighted by atomic mass is 9.79. The molecular formula is C21H24BNO4.